The van der Waals surface area contributed by atoms with Gasteiger partial charge < -0.3 is 50.8 Å². The van der Waals surface area contributed by atoms with Crippen molar-refractivity contribution in [2.24, 2.45) is 0 Å². The van der Waals surface area contributed by atoms with Crippen molar-refractivity contribution in [3.8, 4) is 74.7 Å². The minimum Gasteiger partial charge on any atom is -0.492 e. The third-order valence-corrected chi connectivity index (χ3v) is 21.4. The fourth-order valence-electron chi connectivity index (χ4n) is 16.0. The first-order valence-electron chi connectivity index (χ1n) is 36.0. The van der Waals surface area contributed by atoms with Crippen molar-refractivity contribution < 1.29 is 32.1 Å². The highest BCUT2D eigenvalue weighted by atomic mass is 35.5. The maximum atomic E-state index is 13.2. The molecule has 12 aromatic heterocycles. The topological polar surface area (TPSA) is 335 Å². The van der Waals surface area contributed by atoms with Crippen LogP contribution < -0.4 is 50.8 Å². The zero-order valence-electron chi connectivity index (χ0n) is 60.1. The molecule has 9 fully saturated rings. The molecule has 0 amide bonds. The van der Waals surface area contributed by atoms with E-state index < -0.39 is 6.61 Å². The van der Waals surface area contributed by atoms with Crippen LogP contribution in [-0.4, -0.2) is 176 Å². The van der Waals surface area contributed by atoms with Gasteiger partial charge in [-0.3, -0.25) is 24.7 Å². The van der Waals surface area contributed by atoms with Crippen molar-refractivity contribution in [1.29, 1.82) is 15.8 Å². The van der Waals surface area contributed by atoms with Crippen LogP contribution in [0.15, 0.2) is 147 Å². The Labute approximate surface area is 634 Å². The molecule has 0 spiro atoms. The average Bonchev–Trinajstić information content (AvgIpc) is 1.40. The zero-order valence-corrected chi connectivity index (χ0v) is 60.8. The molecule has 0 saturated carbocycles. The quantitative estimate of drug-likeness (QED) is 0.0677. The highest BCUT2D eigenvalue weighted by Crippen LogP contribution is 2.42. The molecule has 6 unspecified atom stereocenters. The number of nitrogens with zero attached hydrogens (tertiary/aromatic N) is 21. The largest absolute Gasteiger partial charge is 0.492 e. The number of halogens is 4. The molecule has 9 aliphatic heterocycles. The lowest BCUT2D eigenvalue weighted by Crippen LogP contribution is -2.68. The summed E-state index contributed by atoms with van der Waals surface area (Å²) in [7, 11) is 1.60. The minimum absolute atomic E-state index is 0.00930. The molecule has 9 saturated heterocycles. The molecule has 6 atom stereocenters. The van der Waals surface area contributed by atoms with Gasteiger partial charge >= 0.3 is 6.61 Å². The zero-order chi connectivity index (χ0) is 76.0. The second-order valence-electron chi connectivity index (χ2n) is 27.7. The minimum atomic E-state index is -3.00. The van der Waals surface area contributed by atoms with Crippen LogP contribution in [0, 0.1) is 39.8 Å². The van der Waals surface area contributed by atoms with E-state index in [2.05, 4.69) is 81.5 Å². The van der Waals surface area contributed by atoms with Crippen molar-refractivity contribution >= 4 is 63.1 Å². The van der Waals surface area contributed by atoms with E-state index in [4.69, 9.17) is 53.0 Å². The van der Waals surface area contributed by atoms with Gasteiger partial charge in [-0.25, -0.2) is 37.9 Å². The number of aromatic nitrogens is 12. The van der Waals surface area contributed by atoms with Crippen LogP contribution in [0.2, 0.25) is 5.02 Å². The molecule has 110 heavy (non-hydrogen) atoms. The van der Waals surface area contributed by atoms with Crippen molar-refractivity contribution in [2.75, 3.05) is 91.5 Å². The highest BCUT2D eigenvalue weighted by Gasteiger charge is 2.47. The van der Waals surface area contributed by atoms with Gasteiger partial charge in [0.2, 0.25) is 5.88 Å². The van der Waals surface area contributed by atoms with Crippen molar-refractivity contribution in [1.82, 2.24) is 73.4 Å². The number of hydrogen-bond donors (Lipinski definition) is 3. The second-order valence-corrected chi connectivity index (χ2v) is 28.2. The fourth-order valence-corrected chi connectivity index (χ4v) is 16.1. The summed E-state index contributed by atoms with van der Waals surface area (Å²) in [6.07, 6.45) is 18.4. The summed E-state index contributed by atoms with van der Waals surface area (Å²) in [5.74, 6) is 4.58. The Morgan fingerprint density at radius 1 is 0.482 bits per heavy atom. The lowest BCUT2D eigenvalue weighted by atomic mass is 9.87. The SMILES string of the molecule is CCOc1cc(-c2ccc(N3CC4CC(C3)N4Cc3ccc(Cl)cn3)nc2)c2c(C#N)c(N)nn2c1.CCOc1cc(-c2ccc(N3CC4CC(C3)N4Cc3ccc(F)cn3)nc2)c2c(C#N)c(N)nn2c1.COc1ccc(CN2C3CC2CN(c2ccc(-c4cc(OC(F)F)cn5nc(N)c(C#N)c45)cn2)C3)cn1. The molecule has 6 bridgehead atoms. The summed E-state index contributed by atoms with van der Waals surface area (Å²) >= 11 is 5.98. The predicted octanol–water partition coefficient (Wildman–Crippen LogP) is 10.3. The van der Waals surface area contributed by atoms with Gasteiger partial charge in [-0.1, -0.05) is 17.7 Å². The Morgan fingerprint density at radius 3 is 1.22 bits per heavy atom. The molecule has 21 rings (SSSR count). The second kappa shape index (κ2) is 30.2. The van der Waals surface area contributed by atoms with Crippen molar-refractivity contribution in [3.05, 3.63) is 191 Å². The number of fused-ring (bicyclic) bond motifs is 9. The van der Waals surface area contributed by atoms with E-state index in [1.54, 1.807) is 47.0 Å². The third-order valence-electron chi connectivity index (χ3n) is 21.2. The maximum absolute atomic E-state index is 13.2. The summed E-state index contributed by atoms with van der Waals surface area (Å²) < 4.78 is 64.7. The molecule has 12 aromatic rings. The lowest BCUT2D eigenvalue weighted by Gasteiger charge is -2.56. The van der Waals surface area contributed by atoms with E-state index in [-0.39, 0.29) is 34.6 Å². The van der Waals surface area contributed by atoms with Crippen LogP contribution in [0.5, 0.6) is 23.1 Å². The van der Waals surface area contributed by atoms with E-state index in [1.807, 2.05) is 111 Å². The van der Waals surface area contributed by atoms with Crippen molar-refractivity contribution in [3.63, 3.8) is 0 Å². The van der Waals surface area contributed by atoms with Gasteiger partial charge in [0.05, 0.1) is 78.1 Å². The van der Waals surface area contributed by atoms with Gasteiger partial charge in [0.15, 0.2) is 17.5 Å². The van der Waals surface area contributed by atoms with Crippen molar-refractivity contribution in [2.45, 2.75) is 95.6 Å². The molecule has 0 aromatic carbocycles. The number of piperazine rings is 3. The summed E-state index contributed by atoms with van der Waals surface area (Å²) in [6, 6.07) is 37.2. The van der Waals surface area contributed by atoms with E-state index in [0.29, 0.717) is 111 Å². The Kier molecular flexibility index (Phi) is 19.7. The lowest BCUT2D eigenvalue weighted by molar-refractivity contribution is -0.0501. The van der Waals surface area contributed by atoms with Gasteiger partial charge in [-0.15, -0.1) is 15.3 Å². The summed E-state index contributed by atoms with van der Waals surface area (Å²) in [5.41, 5.74) is 28.0. The van der Waals surface area contributed by atoms with Gasteiger partial charge in [-0.2, -0.15) is 24.6 Å². The number of alkyl halides is 2. The number of methoxy groups -OCH3 is 1. The molecule has 6 N–H and O–H groups in total. The smallest absolute Gasteiger partial charge is 0.387 e. The molecular weight excluding hydrogens is 1430 g/mol. The number of rotatable bonds is 19. The van der Waals surface area contributed by atoms with Gasteiger partial charge in [0, 0.05) is 166 Å². The van der Waals surface area contributed by atoms with Crippen LogP contribution in [0.1, 0.15) is 66.8 Å². The molecule has 0 aliphatic carbocycles. The monoisotopic (exact) mass is 1500 g/mol. The number of piperidine rings is 3. The van der Waals surface area contributed by atoms with Crippen LogP contribution >= 0.6 is 11.6 Å². The summed E-state index contributed by atoms with van der Waals surface area (Å²) in [6.45, 7) is 9.61. The maximum Gasteiger partial charge on any atom is 0.387 e. The standard InChI is InChI=1S/C26H25ClN8O.C26H24F2N8O2.C26H25FN8O/c1-2-36-21-8-22(25-23(9-28)26(29)32-35(25)15-21)16-3-6-24(31-10-16)33-13-19-7-20(14-33)34(19)12-18-5-4-17(27)11-30-18;1-37-23-5-2-15(9-32-23)11-35-17-6-18(35)13-34(12-17)22-4-3-16(10-31-22)20-7-19(38-26(27)28)14-36-24(20)21(8-29)25(30)33-36;1-2-36-21-8-22(25-23(9-28)26(29)32-35(25)15-21)16-3-6-24(31-10-16)33-13-19-7-20(14-33)34(19)12-18-5-4-17(27)11-30-18/h3-6,8,10-11,15,19-20H,2,7,12-14H2,1H3,(H2,29,32);2-5,7,9-10,14,17-18,26H,6,11-13H2,1H3,(H2,30,33);3-6,8,10-11,15,19-20H,2,7,12-14H2,1H3,(H2,29,32). The molecule has 9 aliphatic rings. The molecule has 0 radical (unpaired) electrons. The van der Waals surface area contributed by atoms with Crippen LogP contribution in [0.3, 0.4) is 0 Å². The number of hydrogen-bond acceptors (Lipinski definition) is 25. The molecular formula is C78H74ClF3N24O4. The van der Waals surface area contributed by atoms with E-state index in [1.165, 1.54) is 35.5 Å². The molecule has 21 heterocycles. The Bertz CT molecular complexity index is 5260. The number of anilines is 6. The molecule has 558 valence electrons. The van der Waals surface area contributed by atoms with Gasteiger partial charge in [0.1, 0.15) is 75.4 Å². The van der Waals surface area contributed by atoms with E-state index in [0.717, 1.165) is 128 Å². The van der Waals surface area contributed by atoms with Crippen LogP contribution in [-0.2, 0) is 19.6 Å². The average molecular weight is 1500 g/mol. The number of nitrogens with two attached hydrogens (primary N) is 3. The Hall–Kier alpha value is -12.6. The van der Waals surface area contributed by atoms with E-state index in [9.17, 15) is 29.0 Å². The van der Waals surface area contributed by atoms with E-state index >= 15 is 0 Å². The number of pyridine rings is 9. The van der Waals surface area contributed by atoms with Crippen LogP contribution in [0.25, 0.3) is 49.9 Å². The third kappa shape index (κ3) is 14.1. The first-order chi connectivity index (χ1) is 53.5. The van der Waals surface area contributed by atoms with Crippen LogP contribution in [0.4, 0.5) is 48.1 Å². The van der Waals surface area contributed by atoms with Gasteiger partial charge in [-0.05, 0) is 118 Å². The molecule has 28 nitrogen and oxygen atoms in total. The number of ether oxygens (including phenoxy) is 4. The first kappa shape index (κ1) is 71.6. The number of nitriles is 3. The highest BCUT2D eigenvalue weighted by molar-refractivity contribution is 6.30. The summed E-state index contributed by atoms with van der Waals surface area (Å²) in [5, 5.41) is 42.3. The summed E-state index contributed by atoms with van der Waals surface area (Å²) in [4.78, 5) is 41.6. The first-order valence-corrected chi connectivity index (χ1v) is 36.4. The predicted molar refractivity (Wildman–Crippen MR) is 406 cm³/mol. The Balaban J connectivity index is 0.000000125. The molecule has 32 heteroatoms. The normalized spacial score (nSPS) is 19.1. The van der Waals surface area contributed by atoms with Gasteiger partial charge in [0.25, 0.3) is 0 Å². The Morgan fingerprint density at radius 2 is 0.882 bits per heavy atom. The number of nitrogen functional groups attached to an aromatic ring is 3. The fraction of sp³-hybridized carbons (Fsp3) is 0.308.